The summed E-state index contributed by atoms with van der Waals surface area (Å²) in [4.78, 5) is 0. The summed E-state index contributed by atoms with van der Waals surface area (Å²) < 4.78 is 0. The van der Waals surface area contributed by atoms with Gasteiger partial charge < -0.3 is 0 Å². The molecule has 0 aromatic heterocycles. The third kappa shape index (κ3) is 5.84. The van der Waals surface area contributed by atoms with E-state index in [1.54, 1.807) is 0 Å². The number of rotatable bonds is 8. The molecule has 0 atom stereocenters. The molecule has 22 heavy (non-hydrogen) atoms. The van der Waals surface area contributed by atoms with Crippen LogP contribution in [0.3, 0.4) is 0 Å². The van der Waals surface area contributed by atoms with Crippen LogP contribution in [0.4, 0.5) is 0 Å². The Morgan fingerprint density at radius 3 is 1.95 bits per heavy atom. The van der Waals surface area contributed by atoms with E-state index < -0.39 is 0 Å². The summed E-state index contributed by atoms with van der Waals surface area (Å²) in [6.07, 6.45) is 1.91. The van der Waals surface area contributed by atoms with Gasteiger partial charge in [0.25, 0.3) is 0 Å². The van der Waals surface area contributed by atoms with Gasteiger partial charge in [0.2, 0.25) is 0 Å². The number of allylic oxidation sites excluding steroid dienone is 1. The van der Waals surface area contributed by atoms with Gasteiger partial charge in [0.05, 0.1) is 0 Å². The van der Waals surface area contributed by atoms with Crippen molar-refractivity contribution in [2.75, 3.05) is 13.1 Å². The molecule has 0 heterocycles. The minimum absolute atomic E-state index is 0.520. The molecule has 1 aromatic rings. The molecule has 0 radical (unpaired) electrons. The second kappa shape index (κ2) is 8.52. The van der Waals surface area contributed by atoms with Crippen molar-refractivity contribution in [1.82, 2.24) is 10.6 Å². The van der Waals surface area contributed by atoms with E-state index in [1.165, 1.54) is 22.3 Å². The van der Waals surface area contributed by atoms with Crippen molar-refractivity contribution in [1.29, 1.82) is 0 Å². The molecule has 0 aliphatic heterocycles. The Bertz CT molecular complexity index is 560. The van der Waals surface area contributed by atoms with E-state index in [-0.39, 0.29) is 0 Å². The van der Waals surface area contributed by atoms with Crippen LogP contribution in [-0.4, -0.2) is 26.3 Å². The zero-order valence-corrected chi connectivity index (χ0v) is 14.3. The number of hydrogen-bond donors (Lipinski definition) is 4. The molecule has 0 aliphatic carbocycles. The van der Waals surface area contributed by atoms with E-state index in [0.29, 0.717) is 5.71 Å². The molecule has 0 fully saturated rings. The number of aryl methyl sites for hydroxylation is 1. The summed E-state index contributed by atoms with van der Waals surface area (Å²) in [6, 6.07) is 4.51. The van der Waals surface area contributed by atoms with E-state index in [1.807, 2.05) is 13.8 Å². The van der Waals surface area contributed by atoms with Crippen LogP contribution in [0.25, 0.3) is 0 Å². The molecular formula is C17H29BN4. The maximum atomic E-state index is 5.91. The number of hydrogen-bond acceptors (Lipinski definition) is 4. The van der Waals surface area contributed by atoms with Gasteiger partial charge in [0.1, 0.15) is 0 Å². The Kier molecular flexibility index (Phi) is 7.02. The van der Waals surface area contributed by atoms with Gasteiger partial charge in [0.15, 0.2) is 0 Å². The van der Waals surface area contributed by atoms with Gasteiger partial charge in [-0.25, -0.2) is 0 Å². The summed E-state index contributed by atoms with van der Waals surface area (Å²) >= 11 is 0. The minimum atomic E-state index is 0.520. The Morgan fingerprint density at radius 2 is 1.50 bits per heavy atom. The molecule has 5 heteroatoms. The van der Waals surface area contributed by atoms with E-state index >= 15 is 0 Å². The standard InChI is InChI=1S/C17H29BN4/c1-11(2)16(19)21-7-5-14-9-12(3)10-15(13(14)4)6-8-22-17(18)20/h9-10,18,21-22H,5-8,19-20H2,1-4H3. The number of benzene rings is 1. The normalized spacial score (nSPS) is 10.1. The SMILES string of the molecule is B=C(N)NCCc1cc(C)cc(CCNC(N)=C(C)C)c1C. The van der Waals surface area contributed by atoms with Crippen LogP contribution >= 0.6 is 0 Å². The molecule has 1 aromatic carbocycles. The van der Waals surface area contributed by atoms with Gasteiger partial charge in [-0.05, 0) is 13.8 Å². The van der Waals surface area contributed by atoms with Gasteiger partial charge in [0, 0.05) is 0 Å². The fraction of sp³-hybridized carbons (Fsp3) is 0.471. The average molecular weight is 300 g/mol. The number of nitrogens with one attached hydrogen (secondary N) is 2. The molecule has 0 bridgehead atoms. The summed E-state index contributed by atoms with van der Waals surface area (Å²) in [5, 5.41) is 6.35. The quantitative estimate of drug-likeness (QED) is 0.534. The van der Waals surface area contributed by atoms with Crippen LogP contribution in [0.1, 0.15) is 36.1 Å². The van der Waals surface area contributed by atoms with Crippen molar-refractivity contribution in [3.05, 3.63) is 45.8 Å². The maximum absolute atomic E-state index is 5.91. The van der Waals surface area contributed by atoms with Gasteiger partial charge in [-0.2, -0.15) is 0 Å². The molecule has 0 saturated carbocycles. The van der Waals surface area contributed by atoms with Crippen LogP contribution in [0.15, 0.2) is 23.5 Å². The van der Waals surface area contributed by atoms with Crippen molar-refractivity contribution in [2.45, 2.75) is 40.5 Å². The van der Waals surface area contributed by atoms with Crippen LogP contribution in [-0.2, 0) is 12.8 Å². The van der Waals surface area contributed by atoms with E-state index in [0.717, 1.165) is 37.3 Å². The Balaban J connectivity index is 2.72. The second-order valence-electron chi connectivity index (χ2n) is 6.00. The first-order valence-electron chi connectivity index (χ1n) is 7.75. The molecular weight excluding hydrogens is 271 g/mol. The van der Waals surface area contributed by atoms with E-state index in [9.17, 15) is 0 Å². The first-order valence-corrected chi connectivity index (χ1v) is 7.75. The first kappa shape index (κ1) is 18.1. The summed E-state index contributed by atoms with van der Waals surface area (Å²) in [7, 11) is 3.66. The molecule has 0 aliphatic rings. The number of nitrogens with two attached hydrogens (primary N) is 2. The predicted octanol–water partition coefficient (Wildman–Crippen LogP) is 0.725. The van der Waals surface area contributed by atoms with Crippen LogP contribution < -0.4 is 22.1 Å². The van der Waals surface area contributed by atoms with Crippen molar-refractivity contribution in [3.8, 4) is 0 Å². The fourth-order valence-electron chi connectivity index (χ4n) is 2.40. The first-order chi connectivity index (χ1) is 10.3. The van der Waals surface area contributed by atoms with Gasteiger partial charge >= 0.3 is 121 Å². The van der Waals surface area contributed by atoms with Gasteiger partial charge in [-0.15, -0.1) is 0 Å². The van der Waals surface area contributed by atoms with Crippen molar-refractivity contribution in [3.63, 3.8) is 0 Å². The molecule has 0 spiro atoms. The Labute approximate surface area is 135 Å². The van der Waals surface area contributed by atoms with E-state index in [2.05, 4.69) is 44.1 Å². The van der Waals surface area contributed by atoms with Crippen molar-refractivity contribution >= 4 is 13.2 Å². The van der Waals surface area contributed by atoms with Crippen LogP contribution in [0.5, 0.6) is 0 Å². The van der Waals surface area contributed by atoms with Crippen molar-refractivity contribution < 1.29 is 0 Å². The predicted molar refractivity (Wildman–Crippen MR) is 98.2 cm³/mol. The zero-order chi connectivity index (χ0) is 16.7. The third-order valence-corrected chi connectivity index (χ3v) is 3.76. The van der Waals surface area contributed by atoms with Gasteiger partial charge in [-0.1, -0.05) is 0 Å². The van der Waals surface area contributed by atoms with Crippen molar-refractivity contribution in [2.24, 2.45) is 11.5 Å². The average Bonchev–Trinajstić information content (AvgIpc) is 2.42. The zero-order valence-electron chi connectivity index (χ0n) is 14.3. The summed E-state index contributed by atoms with van der Waals surface area (Å²) in [6.45, 7) is 10.00. The Hall–Kier alpha value is -1.91. The summed E-state index contributed by atoms with van der Waals surface area (Å²) in [5.74, 6) is 0.774. The molecule has 0 saturated heterocycles. The monoisotopic (exact) mass is 300 g/mol. The molecule has 120 valence electrons. The Morgan fingerprint density at radius 1 is 1.00 bits per heavy atom. The summed E-state index contributed by atoms with van der Waals surface area (Å²) in [5.41, 5.74) is 18.5. The van der Waals surface area contributed by atoms with E-state index in [4.69, 9.17) is 11.5 Å². The molecule has 1 rings (SSSR count). The molecule has 0 amide bonds. The molecule has 4 nitrogen and oxygen atoms in total. The topological polar surface area (TPSA) is 76.1 Å². The second-order valence-corrected chi connectivity index (χ2v) is 6.00. The third-order valence-electron chi connectivity index (χ3n) is 3.76. The van der Waals surface area contributed by atoms with Crippen LogP contribution in [0.2, 0.25) is 0 Å². The van der Waals surface area contributed by atoms with Crippen LogP contribution in [0, 0.1) is 13.8 Å². The molecule has 6 N–H and O–H groups in total. The van der Waals surface area contributed by atoms with Gasteiger partial charge in [-0.3, -0.25) is 0 Å². The fourth-order valence-corrected chi connectivity index (χ4v) is 2.40. The molecule has 0 unspecified atom stereocenters.